The van der Waals surface area contributed by atoms with Gasteiger partial charge in [0.2, 0.25) is 11.8 Å². The van der Waals surface area contributed by atoms with Crippen LogP contribution in [-0.4, -0.2) is 47.7 Å². The Bertz CT molecular complexity index is 821. The second-order valence-electron chi connectivity index (χ2n) is 6.97. The molecule has 1 aromatic heterocycles. The van der Waals surface area contributed by atoms with E-state index in [9.17, 15) is 14.4 Å². The van der Waals surface area contributed by atoms with Crippen LogP contribution in [0.15, 0.2) is 23.3 Å². The third-order valence-corrected chi connectivity index (χ3v) is 5.83. The summed E-state index contributed by atoms with van der Waals surface area (Å²) in [5, 5.41) is 8.59. The number of rotatable bonds is 5. The molecule has 0 saturated heterocycles. The van der Waals surface area contributed by atoms with Crippen molar-refractivity contribution in [2.24, 2.45) is 22.6 Å². The van der Waals surface area contributed by atoms with Crippen molar-refractivity contribution in [2.45, 2.75) is 31.2 Å². The summed E-state index contributed by atoms with van der Waals surface area (Å²) in [6.45, 7) is 0.158. The van der Waals surface area contributed by atoms with E-state index >= 15 is 0 Å². The fourth-order valence-corrected chi connectivity index (χ4v) is 4.23. The van der Waals surface area contributed by atoms with Gasteiger partial charge in [-0.1, -0.05) is 11.6 Å². The van der Waals surface area contributed by atoms with E-state index in [1.54, 1.807) is 18.3 Å². The fraction of sp³-hybridized carbons (Fsp3) is 0.500. The molecule has 1 atom stereocenters. The zero-order valence-corrected chi connectivity index (χ0v) is 16.3. The van der Waals surface area contributed by atoms with Gasteiger partial charge in [0.15, 0.2) is 5.15 Å². The summed E-state index contributed by atoms with van der Waals surface area (Å²) < 4.78 is 0. The van der Waals surface area contributed by atoms with Crippen LogP contribution in [0.25, 0.3) is 0 Å². The Morgan fingerprint density at radius 3 is 2.61 bits per heavy atom. The summed E-state index contributed by atoms with van der Waals surface area (Å²) in [5.74, 6) is -1.62. The first-order valence-corrected chi connectivity index (χ1v) is 9.51. The average Bonchev–Trinajstić information content (AvgIpc) is 3.15. The molecule has 0 spiro atoms. The predicted molar refractivity (Wildman–Crippen MR) is 105 cm³/mol. The quantitative estimate of drug-likeness (QED) is 0.526. The number of aromatic nitrogens is 1. The maximum Gasteiger partial charge on any atom is 0.267 e. The van der Waals surface area contributed by atoms with E-state index in [0.29, 0.717) is 31.4 Å². The number of hydrogen-bond acceptors (Lipinski definition) is 6. The third kappa shape index (κ3) is 3.59. The SMILES string of the molecule is CNC(=O)C1=NCNC1(C(N)=O)C1CCC(C(=O)Nc2cccnc2Cl)CC1. The highest BCUT2D eigenvalue weighted by Crippen LogP contribution is 2.38. The molecule has 28 heavy (non-hydrogen) atoms. The van der Waals surface area contributed by atoms with Crippen molar-refractivity contribution in [3.63, 3.8) is 0 Å². The average molecular weight is 407 g/mol. The highest BCUT2D eigenvalue weighted by atomic mass is 35.5. The minimum atomic E-state index is -1.30. The molecule has 0 aromatic carbocycles. The van der Waals surface area contributed by atoms with Crippen molar-refractivity contribution in [3.8, 4) is 0 Å². The number of anilines is 1. The van der Waals surface area contributed by atoms with Gasteiger partial charge in [-0.05, 0) is 43.7 Å². The third-order valence-electron chi connectivity index (χ3n) is 5.53. The van der Waals surface area contributed by atoms with Crippen LogP contribution in [0.3, 0.4) is 0 Å². The lowest BCUT2D eigenvalue weighted by Crippen LogP contribution is -2.65. The maximum atomic E-state index is 12.6. The van der Waals surface area contributed by atoms with E-state index in [1.807, 2.05) is 0 Å². The van der Waals surface area contributed by atoms with Crippen molar-refractivity contribution in [2.75, 3.05) is 19.0 Å². The highest BCUT2D eigenvalue weighted by Gasteiger charge is 2.54. The monoisotopic (exact) mass is 406 g/mol. The van der Waals surface area contributed by atoms with Crippen LogP contribution in [-0.2, 0) is 14.4 Å². The number of carbonyl (C=O) groups excluding carboxylic acids is 3. The lowest BCUT2D eigenvalue weighted by atomic mass is 9.69. The number of aliphatic imine (C=N–C) groups is 1. The Balaban J connectivity index is 1.69. The van der Waals surface area contributed by atoms with E-state index in [2.05, 4.69) is 25.9 Å². The molecule has 1 saturated carbocycles. The second-order valence-corrected chi connectivity index (χ2v) is 7.33. The molecule has 2 aliphatic rings. The molecule has 3 rings (SSSR count). The summed E-state index contributed by atoms with van der Waals surface area (Å²) in [4.78, 5) is 45.3. The topological polar surface area (TPSA) is 139 Å². The first kappa shape index (κ1) is 20.2. The van der Waals surface area contributed by atoms with E-state index in [-0.39, 0.29) is 35.3 Å². The molecule has 150 valence electrons. The van der Waals surface area contributed by atoms with Crippen molar-refractivity contribution in [1.29, 1.82) is 0 Å². The Morgan fingerprint density at radius 1 is 1.29 bits per heavy atom. The molecule has 1 fully saturated rings. The highest BCUT2D eigenvalue weighted by molar-refractivity contribution is 6.47. The van der Waals surface area contributed by atoms with E-state index in [0.717, 1.165) is 0 Å². The van der Waals surface area contributed by atoms with Gasteiger partial charge in [-0.25, -0.2) is 4.98 Å². The normalized spacial score (nSPS) is 27.0. The number of primary amides is 1. The van der Waals surface area contributed by atoms with Crippen LogP contribution >= 0.6 is 11.6 Å². The van der Waals surface area contributed by atoms with Gasteiger partial charge in [0, 0.05) is 19.2 Å². The molecule has 1 aliphatic heterocycles. The Morgan fingerprint density at radius 2 is 2.00 bits per heavy atom. The molecule has 10 heteroatoms. The molecule has 1 aromatic rings. The minimum absolute atomic E-state index is 0.123. The molecule has 9 nitrogen and oxygen atoms in total. The van der Waals surface area contributed by atoms with Gasteiger partial charge in [-0.2, -0.15) is 0 Å². The molecular formula is C18H23ClN6O3. The van der Waals surface area contributed by atoms with Crippen LogP contribution in [0.4, 0.5) is 5.69 Å². The van der Waals surface area contributed by atoms with E-state index in [4.69, 9.17) is 17.3 Å². The first-order valence-electron chi connectivity index (χ1n) is 9.13. The van der Waals surface area contributed by atoms with Crippen molar-refractivity contribution < 1.29 is 14.4 Å². The van der Waals surface area contributed by atoms with Gasteiger partial charge < -0.3 is 16.4 Å². The lowest BCUT2D eigenvalue weighted by molar-refractivity contribution is -0.126. The Hall–Kier alpha value is -2.52. The van der Waals surface area contributed by atoms with E-state index < -0.39 is 17.4 Å². The second kappa shape index (κ2) is 8.24. The van der Waals surface area contributed by atoms with Crippen molar-refractivity contribution in [1.82, 2.24) is 15.6 Å². The zero-order chi connectivity index (χ0) is 20.3. The standard InChI is InChI=1S/C18H23ClN6O3/c1-21-16(27)13-18(17(20)28,24-9-23-13)11-6-4-10(5-7-11)15(26)25-12-3-2-8-22-14(12)19/h2-3,8,10-11,24H,4-7,9H2,1H3,(H2,20,28)(H,21,27)(H,25,26). The van der Waals surface area contributed by atoms with Crippen LogP contribution in [0.5, 0.6) is 0 Å². The number of halogens is 1. The summed E-state index contributed by atoms with van der Waals surface area (Å²) in [6, 6.07) is 3.38. The van der Waals surface area contributed by atoms with Gasteiger partial charge in [-0.3, -0.25) is 24.7 Å². The molecular weight excluding hydrogens is 384 g/mol. The number of nitrogens with two attached hydrogens (primary N) is 1. The number of carbonyl (C=O) groups is 3. The van der Waals surface area contributed by atoms with Gasteiger partial charge >= 0.3 is 0 Å². The number of pyridine rings is 1. The van der Waals surface area contributed by atoms with Crippen LogP contribution in [0, 0.1) is 11.8 Å². The largest absolute Gasteiger partial charge is 0.368 e. The summed E-state index contributed by atoms with van der Waals surface area (Å²) >= 11 is 5.99. The Labute approximate surface area is 167 Å². The lowest BCUT2D eigenvalue weighted by Gasteiger charge is -2.39. The smallest absolute Gasteiger partial charge is 0.267 e. The molecule has 1 unspecified atom stereocenters. The maximum absolute atomic E-state index is 12.6. The summed E-state index contributed by atoms with van der Waals surface area (Å²) in [5.41, 5.74) is 4.99. The molecule has 1 aliphatic carbocycles. The molecule has 0 radical (unpaired) electrons. The number of nitrogens with one attached hydrogen (secondary N) is 3. The molecule has 5 N–H and O–H groups in total. The number of hydrogen-bond donors (Lipinski definition) is 4. The van der Waals surface area contributed by atoms with Crippen LogP contribution < -0.4 is 21.7 Å². The predicted octanol–water partition coefficient (Wildman–Crippen LogP) is 0.452. The van der Waals surface area contributed by atoms with E-state index in [1.165, 1.54) is 7.05 Å². The van der Waals surface area contributed by atoms with Crippen LogP contribution in [0.2, 0.25) is 5.15 Å². The van der Waals surface area contributed by atoms with Crippen molar-refractivity contribution in [3.05, 3.63) is 23.5 Å². The fourth-order valence-electron chi connectivity index (χ4n) is 4.07. The van der Waals surface area contributed by atoms with Gasteiger partial charge in [0.25, 0.3) is 5.91 Å². The summed E-state index contributed by atoms with van der Waals surface area (Å²) in [6.07, 6.45) is 3.79. The number of amides is 3. The minimum Gasteiger partial charge on any atom is -0.368 e. The summed E-state index contributed by atoms with van der Waals surface area (Å²) in [7, 11) is 1.49. The van der Waals surface area contributed by atoms with Gasteiger partial charge in [0.05, 0.1) is 12.4 Å². The molecule has 3 amide bonds. The number of nitrogens with zero attached hydrogens (tertiary/aromatic N) is 2. The first-order chi connectivity index (χ1) is 13.4. The van der Waals surface area contributed by atoms with Gasteiger partial charge in [-0.15, -0.1) is 0 Å². The van der Waals surface area contributed by atoms with Crippen LogP contribution in [0.1, 0.15) is 25.7 Å². The molecule has 2 heterocycles. The van der Waals surface area contributed by atoms with Crippen molar-refractivity contribution >= 4 is 40.7 Å². The molecule has 0 bridgehead atoms. The van der Waals surface area contributed by atoms with Gasteiger partial charge in [0.1, 0.15) is 11.3 Å². The zero-order valence-electron chi connectivity index (χ0n) is 15.5. The Kier molecular flexibility index (Phi) is 5.95.